The molecule has 0 amide bonds. The first-order valence-corrected chi connectivity index (χ1v) is 4.32. The molecule has 14 heavy (non-hydrogen) atoms. The smallest absolute Gasteiger partial charge is 0.148 e. The van der Waals surface area contributed by atoms with Crippen LogP contribution < -0.4 is 0 Å². The van der Waals surface area contributed by atoms with Crippen LogP contribution in [0.3, 0.4) is 0 Å². The van der Waals surface area contributed by atoms with Crippen LogP contribution >= 0.6 is 11.6 Å². The van der Waals surface area contributed by atoms with Gasteiger partial charge in [-0.25, -0.2) is 4.39 Å². The molecule has 0 spiro atoms. The molecule has 0 saturated heterocycles. The van der Waals surface area contributed by atoms with Crippen molar-refractivity contribution in [3.63, 3.8) is 0 Å². The van der Waals surface area contributed by atoms with Crippen LogP contribution in [-0.4, -0.2) is 6.72 Å². The van der Waals surface area contributed by atoms with Crippen molar-refractivity contribution in [1.29, 1.82) is 0 Å². The van der Waals surface area contributed by atoms with Crippen LogP contribution in [0.5, 0.6) is 0 Å². The standard InChI is InChI=1S/C11H9ClFN/c1-3-10(13)11(14-2)8-6-4-5-7-9(8)12/h3-7H,1-2H2/b11-10+. The first-order valence-electron chi connectivity index (χ1n) is 3.94. The Balaban J connectivity index is 3.34. The van der Waals surface area contributed by atoms with Gasteiger partial charge in [0, 0.05) is 5.56 Å². The minimum atomic E-state index is -0.534. The molecule has 0 unspecified atom stereocenters. The Morgan fingerprint density at radius 3 is 2.57 bits per heavy atom. The molecule has 0 aliphatic carbocycles. The van der Waals surface area contributed by atoms with Gasteiger partial charge in [0.1, 0.15) is 11.5 Å². The lowest BCUT2D eigenvalue weighted by atomic mass is 10.1. The number of allylic oxidation sites excluding steroid dienone is 2. The number of aliphatic imine (C=N–C) groups is 1. The highest BCUT2D eigenvalue weighted by atomic mass is 35.5. The van der Waals surface area contributed by atoms with E-state index in [1.807, 2.05) is 0 Å². The highest BCUT2D eigenvalue weighted by molar-refractivity contribution is 6.32. The molecular formula is C11H9ClFN. The largest absolute Gasteiger partial charge is 0.261 e. The van der Waals surface area contributed by atoms with Crippen LogP contribution in [0.25, 0.3) is 5.70 Å². The third kappa shape index (κ3) is 2.09. The maximum Gasteiger partial charge on any atom is 0.148 e. The highest BCUT2D eigenvalue weighted by Gasteiger charge is 2.08. The number of hydrogen-bond donors (Lipinski definition) is 0. The molecule has 0 heterocycles. The minimum absolute atomic E-state index is 0.116. The second-order valence-electron chi connectivity index (χ2n) is 2.54. The highest BCUT2D eigenvalue weighted by Crippen LogP contribution is 2.27. The van der Waals surface area contributed by atoms with E-state index in [-0.39, 0.29) is 5.70 Å². The molecule has 0 aliphatic heterocycles. The van der Waals surface area contributed by atoms with Crippen molar-refractivity contribution >= 4 is 24.0 Å². The van der Waals surface area contributed by atoms with E-state index < -0.39 is 5.83 Å². The quantitative estimate of drug-likeness (QED) is 0.530. The average Bonchev–Trinajstić information content (AvgIpc) is 2.21. The van der Waals surface area contributed by atoms with E-state index in [9.17, 15) is 4.39 Å². The fourth-order valence-corrected chi connectivity index (χ4v) is 1.26. The molecule has 0 N–H and O–H groups in total. The van der Waals surface area contributed by atoms with Crippen molar-refractivity contribution in [3.05, 3.63) is 53.3 Å². The molecule has 0 atom stereocenters. The normalized spacial score (nSPS) is 11.9. The summed E-state index contributed by atoms with van der Waals surface area (Å²) in [4.78, 5) is 3.59. The van der Waals surface area contributed by atoms with Gasteiger partial charge in [-0.1, -0.05) is 36.4 Å². The summed E-state index contributed by atoms with van der Waals surface area (Å²) in [6.45, 7) is 6.61. The van der Waals surface area contributed by atoms with Gasteiger partial charge < -0.3 is 0 Å². The number of nitrogens with zero attached hydrogens (tertiary/aromatic N) is 1. The summed E-state index contributed by atoms with van der Waals surface area (Å²) in [5.41, 5.74) is 0.632. The monoisotopic (exact) mass is 209 g/mol. The van der Waals surface area contributed by atoms with Gasteiger partial charge >= 0.3 is 0 Å². The van der Waals surface area contributed by atoms with Crippen LogP contribution in [-0.2, 0) is 0 Å². The molecule has 72 valence electrons. The molecule has 0 saturated carbocycles. The molecule has 0 aromatic heterocycles. The third-order valence-corrected chi connectivity index (χ3v) is 2.02. The molecule has 1 nitrogen and oxygen atoms in total. The SMILES string of the molecule is C=C/C(F)=C(\N=C)c1ccccc1Cl. The van der Waals surface area contributed by atoms with Gasteiger partial charge in [-0.05, 0) is 18.9 Å². The fraction of sp³-hybridized carbons (Fsp3) is 0. The Kier molecular flexibility index (Phi) is 3.60. The average molecular weight is 210 g/mol. The Hall–Kier alpha value is -1.41. The van der Waals surface area contributed by atoms with Gasteiger partial charge in [-0.2, -0.15) is 0 Å². The van der Waals surface area contributed by atoms with Crippen LogP contribution in [0.4, 0.5) is 4.39 Å². The molecule has 0 aliphatic rings. The molecule has 3 heteroatoms. The summed E-state index contributed by atoms with van der Waals surface area (Å²) in [7, 11) is 0. The molecule has 1 aromatic rings. The Labute approximate surface area is 87.2 Å². The van der Waals surface area contributed by atoms with Crippen molar-refractivity contribution < 1.29 is 4.39 Å². The van der Waals surface area contributed by atoms with Gasteiger partial charge in [0.15, 0.2) is 0 Å². The zero-order valence-electron chi connectivity index (χ0n) is 7.50. The predicted octanol–water partition coefficient (Wildman–Crippen LogP) is 3.86. The van der Waals surface area contributed by atoms with E-state index in [1.54, 1.807) is 24.3 Å². The van der Waals surface area contributed by atoms with Crippen molar-refractivity contribution in [2.24, 2.45) is 4.99 Å². The van der Waals surface area contributed by atoms with Crippen LogP contribution in [0.15, 0.2) is 47.7 Å². The fourth-order valence-electron chi connectivity index (χ4n) is 1.04. The first kappa shape index (κ1) is 10.7. The summed E-state index contributed by atoms with van der Waals surface area (Å²) >= 11 is 5.88. The lowest BCUT2D eigenvalue weighted by molar-refractivity contribution is 0.669. The second-order valence-corrected chi connectivity index (χ2v) is 2.95. The maximum absolute atomic E-state index is 13.2. The van der Waals surface area contributed by atoms with Crippen LogP contribution in [0.1, 0.15) is 5.56 Å². The van der Waals surface area contributed by atoms with E-state index in [2.05, 4.69) is 18.3 Å². The molecular weight excluding hydrogens is 201 g/mol. The van der Waals surface area contributed by atoms with Crippen LogP contribution in [0, 0.1) is 0 Å². The Bertz CT molecular complexity index is 396. The zero-order valence-corrected chi connectivity index (χ0v) is 8.26. The summed E-state index contributed by atoms with van der Waals surface area (Å²) in [5, 5.41) is 0.437. The Morgan fingerprint density at radius 2 is 2.07 bits per heavy atom. The van der Waals surface area contributed by atoms with Gasteiger partial charge in [0.25, 0.3) is 0 Å². The molecule has 1 aromatic carbocycles. The van der Waals surface area contributed by atoms with Crippen molar-refractivity contribution in [1.82, 2.24) is 0 Å². The van der Waals surface area contributed by atoms with Gasteiger partial charge in [-0.3, -0.25) is 4.99 Å². The topological polar surface area (TPSA) is 12.4 Å². The molecule has 0 fully saturated rings. The summed E-state index contributed by atoms with van der Waals surface area (Å²) < 4.78 is 13.2. The third-order valence-electron chi connectivity index (χ3n) is 1.69. The lowest BCUT2D eigenvalue weighted by Gasteiger charge is -2.03. The zero-order chi connectivity index (χ0) is 10.6. The maximum atomic E-state index is 13.2. The second kappa shape index (κ2) is 4.72. The summed E-state index contributed by atoms with van der Waals surface area (Å²) in [6, 6.07) is 6.86. The summed E-state index contributed by atoms with van der Waals surface area (Å²) in [6.07, 6.45) is 1.08. The molecule has 0 bridgehead atoms. The predicted molar refractivity (Wildman–Crippen MR) is 59.2 cm³/mol. The van der Waals surface area contributed by atoms with Crippen molar-refractivity contribution in [2.45, 2.75) is 0 Å². The first-order chi connectivity index (χ1) is 6.70. The molecule has 1 rings (SSSR count). The van der Waals surface area contributed by atoms with E-state index in [0.29, 0.717) is 10.6 Å². The number of halogens is 2. The van der Waals surface area contributed by atoms with Gasteiger partial charge in [-0.15, -0.1) is 0 Å². The summed E-state index contributed by atoms with van der Waals surface area (Å²) in [5.74, 6) is -0.534. The van der Waals surface area contributed by atoms with E-state index in [4.69, 9.17) is 11.6 Å². The Morgan fingerprint density at radius 1 is 1.43 bits per heavy atom. The van der Waals surface area contributed by atoms with Crippen molar-refractivity contribution in [3.8, 4) is 0 Å². The number of hydrogen-bond acceptors (Lipinski definition) is 1. The molecule has 0 radical (unpaired) electrons. The van der Waals surface area contributed by atoms with E-state index in [0.717, 1.165) is 6.08 Å². The minimum Gasteiger partial charge on any atom is -0.261 e. The van der Waals surface area contributed by atoms with Crippen molar-refractivity contribution in [2.75, 3.05) is 0 Å². The van der Waals surface area contributed by atoms with Crippen LogP contribution in [0.2, 0.25) is 5.02 Å². The van der Waals surface area contributed by atoms with E-state index >= 15 is 0 Å². The lowest BCUT2D eigenvalue weighted by Crippen LogP contribution is -1.84. The van der Waals surface area contributed by atoms with Gasteiger partial charge in [0.2, 0.25) is 0 Å². The van der Waals surface area contributed by atoms with Gasteiger partial charge in [0.05, 0.1) is 5.02 Å². The number of benzene rings is 1. The number of rotatable bonds is 3. The van der Waals surface area contributed by atoms with E-state index in [1.165, 1.54) is 0 Å².